The lowest BCUT2D eigenvalue weighted by atomic mass is 10.0. The van der Waals surface area contributed by atoms with Crippen molar-refractivity contribution < 1.29 is 9.53 Å². The molecule has 16 heavy (non-hydrogen) atoms. The van der Waals surface area contributed by atoms with Gasteiger partial charge in [-0.1, -0.05) is 34.8 Å². The van der Waals surface area contributed by atoms with E-state index in [4.69, 9.17) is 4.74 Å². The van der Waals surface area contributed by atoms with Crippen LogP contribution in [0, 0.1) is 5.92 Å². The molecule has 0 amide bonds. The Morgan fingerprint density at radius 1 is 1.38 bits per heavy atom. The normalized spacial score (nSPS) is 16.3. The largest absolute Gasteiger partial charge is 0.426 e. The van der Waals surface area contributed by atoms with Gasteiger partial charge in [0.15, 0.2) is 0 Å². The third-order valence-electron chi connectivity index (χ3n) is 2.96. The highest BCUT2D eigenvalue weighted by atomic mass is 79.9. The molecule has 0 radical (unpaired) electrons. The zero-order valence-corrected chi connectivity index (χ0v) is 10.7. The molecular formula is C13H15BrO2. The van der Waals surface area contributed by atoms with Crippen molar-refractivity contribution in [2.24, 2.45) is 5.92 Å². The fourth-order valence-electron chi connectivity index (χ4n) is 2.15. The molecule has 1 aromatic rings. The van der Waals surface area contributed by atoms with E-state index in [-0.39, 0.29) is 5.97 Å². The topological polar surface area (TPSA) is 26.3 Å². The number of benzene rings is 1. The lowest BCUT2D eigenvalue weighted by Gasteiger charge is -2.08. The molecule has 0 atom stereocenters. The zero-order valence-electron chi connectivity index (χ0n) is 9.12. The quantitative estimate of drug-likeness (QED) is 0.620. The van der Waals surface area contributed by atoms with E-state index in [9.17, 15) is 4.79 Å². The van der Waals surface area contributed by atoms with Gasteiger partial charge < -0.3 is 4.74 Å². The Labute approximate surface area is 104 Å². The molecule has 2 rings (SSSR count). The van der Waals surface area contributed by atoms with Crippen LogP contribution in [0.25, 0.3) is 0 Å². The van der Waals surface area contributed by atoms with Gasteiger partial charge in [-0.05, 0) is 37.0 Å². The fourth-order valence-corrected chi connectivity index (χ4v) is 2.53. The molecule has 1 fully saturated rings. The van der Waals surface area contributed by atoms with E-state index in [0.29, 0.717) is 18.1 Å². The Balaban J connectivity index is 1.86. The molecule has 2 nitrogen and oxygen atoms in total. The first kappa shape index (κ1) is 11.6. The van der Waals surface area contributed by atoms with Crippen molar-refractivity contribution in [1.29, 1.82) is 0 Å². The Kier molecular flexibility index (Phi) is 3.99. The van der Waals surface area contributed by atoms with Crippen molar-refractivity contribution in [2.45, 2.75) is 32.1 Å². The second kappa shape index (κ2) is 5.48. The first-order valence-electron chi connectivity index (χ1n) is 5.70. The molecule has 86 valence electrons. The summed E-state index contributed by atoms with van der Waals surface area (Å²) in [6, 6.07) is 7.39. The van der Waals surface area contributed by atoms with Gasteiger partial charge in [0.25, 0.3) is 0 Å². The second-order valence-electron chi connectivity index (χ2n) is 4.29. The monoisotopic (exact) mass is 282 g/mol. The first-order valence-corrected chi connectivity index (χ1v) is 6.49. The van der Waals surface area contributed by atoms with E-state index >= 15 is 0 Å². The maximum atomic E-state index is 11.6. The number of carbonyl (C=O) groups excluding carboxylic acids is 1. The minimum atomic E-state index is -0.106. The van der Waals surface area contributed by atoms with Crippen LogP contribution >= 0.6 is 15.9 Å². The van der Waals surface area contributed by atoms with Gasteiger partial charge in [0, 0.05) is 10.9 Å². The molecule has 0 spiro atoms. The van der Waals surface area contributed by atoms with Crippen LogP contribution in [0.2, 0.25) is 0 Å². The summed E-state index contributed by atoms with van der Waals surface area (Å²) in [6.45, 7) is 0. The van der Waals surface area contributed by atoms with Gasteiger partial charge in [-0.3, -0.25) is 4.79 Å². The van der Waals surface area contributed by atoms with E-state index in [0.717, 1.165) is 4.47 Å². The summed E-state index contributed by atoms with van der Waals surface area (Å²) in [4.78, 5) is 11.6. The van der Waals surface area contributed by atoms with Gasteiger partial charge in [-0.15, -0.1) is 0 Å². The average molecular weight is 283 g/mol. The van der Waals surface area contributed by atoms with Crippen LogP contribution in [-0.4, -0.2) is 5.97 Å². The number of esters is 1. The van der Waals surface area contributed by atoms with E-state index in [2.05, 4.69) is 15.9 Å². The standard InChI is InChI=1S/C13H15BrO2/c14-11-6-3-7-12(9-11)16-13(15)8-10-4-1-2-5-10/h3,6-7,9-10H,1-2,4-5,8H2. The zero-order chi connectivity index (χ0) is 11.4. The molecule has 1 aliphatic rings. The van der Waals surface area contributed by atoms with Gasteiger partial charge in [-0.2, -0.15) is 0 Å². The molecule has 0 saturated heterocycles. The maximum absolute atomic E-state index is 11.6. The van der Waals surface area contributed by atoms with Gasteiger partial charge >= 0.3 is 5.97 Å². The molecule has 0 heterocycles. The van der Waals surface area contributed by atoms with E-state index in [1.807, 2.05) is 18.2 Å². The van der Waals surface area contributed by atoms with Gasteiger partial charge in [0.05, 0.1) is 0 Å². The summed E-state index contributed by atoms with van der Waals surface area (Å²) in [5.74, 6) is 1.06. The third kappa shape index (κ3) is 3.34. The molecule has 1 saturated carbocycles. The number of halogens is 1. The maximum Gasteiger partial charge on any atom is 0.311 e. The second-order valence-corrected chi connectivity index (χ2v) is 5.20. The van der Waals surface area contributed by atoms with Crippen LogP contribution in [0.4, 0.5) is 0 Å². The Morgan fingerprint density at radius 3 is 2.81 bits per heavy atom. The van der Waals surface area contributed by atoms with Crippen molar-refractivity contribution in [1.82, 2.24) is 0 Å². The smallest absolute Gasteiger partial charge is 0.311 e. The number of rotatable bonds is 3. The SMILES string of the molecule is O=C(CC1CCCC1)Oc1cccc(Br)c1. The summed E-state index contributed by atoms with van der Waals surface area (Å²) in [6.07, 6.45) is 5.43. The number of carbonyl (C=O) groups is 1. The first-order chi connectivity index (χ1) is 7.74. The average Bonchev–Trinajstić information content (AvgIpc) is 2.70. The van der Waals surface area contributed by atoms with Crippen LogP contribution in [-0.2, 0) is 4.79 Å². The Hall–Kier alpha value is -0.830. The Bertz CT molecular complexity index is 370. The molecule has 1 aliphatic carbocycles. The van der Waals surface area contributed by atoms with E-state index in [1.165, 1.54) is 25.7 Å². The minimum absolute atomic E-state index is 0.106. The van der Waals surface area contributed by atoms with Crippen molar-refractivity contribution in [3.63, 3.8) is 0 Å². The summed E-state index contributed by atoms with van der Waals surface area (Å²) < 4.78 is 6.22. The molecule has 0 N–H and O–H groups in total. The summed E-state index contributed by atoms with van der Waals surface area (Å²) in [5, 5.41) is 0. The van der Waals surface area contributed by atoms with Crippen LogP contribution in [0.3, 0.4) is 0 Å². The van der Waals surface area contributed by atoms with Gasteiger partial charge in [0.2, 0.25) is 0 Å². The summed E-state index contributed by atoms with van der Waals surface area (Å²) in [5.41, 5.74) is 0. The number of ether oxygens (including phenoxy) is 1. The summed E-state index contributed by atoms with van der Waals surface area (Å²) >= 11 is 3.35. The van der Waals surface area contributed by atoms with Crippen molar-refractivity contribution >= 4 is 21.9 Å². The van der Waals surface area contributed by atoms with Gasteiger partial charge in [-0.25, -0.2) is 0 Å². The number of hydrogen-bond donors (Lipinski definition) is 0. The minimum Gasteiger partial charge on any atom is -0.426 e. The molecular weight excluding hydrogens is 268 g/mol. The molecule has 0 unspecified atom stereocenters. The molecule has 0 aliphatic heterocycles. The third-order valence-corrected chi connectivity index (χ3v) is 3.45. The Morgan fingerprint density at radius 2 is 2.12 bits per heavy atom. The molecule has 0 aromatic heterocycles. The highest BCUT2D eigenvalue weighted by molar-refractivity contribution is 9.10. The van der Waals surface area contributed by atoms with Crippen molar-refractivity contribution in [3.05, 3.63) is 28.7 Å². The lowest BCUT2D eigenvalue weighted by Crippen LogP contribution is -2.12. The van der Waals surface area contributed by atoms with Crippen LogP contribution in [0.5, 0.6) is 5.75 Å². The number of hydrogen-bond acceptors (Lipinski definition) is 2. The highest BCUT2D eigenvalue weighted by Gasteiger charge is 2.19. The lowest BCUT2D eigenvalue weighted by molar-refractivity contribution is -0.135. The molecule has 1 aromatic carbocycles. The van der Waals surface area contributed by atoms with Crippen LogP contribution in [0.15, 0.2) is 28.7 Å². The highest BCUT2D eigenvalue weighted by Crippen LogP contribution is 2.28. The molecule has 3 heteroatoms. The van der Waals surface area contributed by atoms with E-state index in [1.54, 1.807) is 6.07 Å². The van der Waals surface area contributed by atoms with Crippen molar-refractivity contribution in [3.8, 4) is 5.75 Å². The van der Waals surface area contributed by atoms with E-state index < -0.39 is 0 Å². The fraction of sp³-hybridized carbons (Fsp3) is 0.462. The van der Waals surface area contributed by atoms with Crippen LogP contribution < -0.4 is 4.74 Å². The van der Waals surface area contributed by atoms with Crippen LogP contribution in [0.1, 0.15) is 32.1 Å². The molecule has 0 bridgehead atoms. The van der Waals surface area contributed by atoms with Crippen molar-refractivity contribution in [2.75, 3.05) is 0 Å². The summed E-state index contributed by atoms with van der Waals surface area (Å²) in [7, 11) is 0. The predicted octanol–water partition coefficient (Wildman–Crippen LogP) is 3.93. The van der Waals surface area contributed by atoms with Gasteiger partial charge in [0.1, 0.15) is 5.75 Å². The predicted molar refractivity (Wildman–Crippen MR) is 66.4 cm³/mol.